The van der Waals surface area contributed by atoms with E-state index in [2.05, 4.69) is 15.3 Å². The minimum absolute atomic E-state index is 0.0536. The first-order valence-electron chi connectivity index (χ1n) is 10.5. The minimum Gasteiger partial charge on any atom is -0.373 e. The lowest BCUT2D eigenvalue weighted by Gasteiger charge is -2.24. The van der Waals surface area contributed by atoms with Crippen LogP contribution in [0.15, 0.2) is 18.5 Å². The third-order valence-electron chi connectivity index (χ3n) is 5.92. The van der Waals surface area contributed by atoms with Gasteiger partial charge < -0.3 is 19.5 Å². The number of hydrogen-bond donors (Lipinski definition) is 1. The van der Waals surface area contributed by atoms with Gasteiger partial charge >= 0.3 is 6.18 Å². The fourth-order valence-electron chi connectivity index (χ4n) is 4.13. The van der Waals surface area contributed by atoms with Gasteiger partial charge in [-0.25, -0.2) is 9.97 Å². The molecule has 0 saturated carbocycles. The number of rotatable bonds is 4. The van der Waals surface area contributed by atoms with Crippen LogP contribution in [0.4, 0.5) is 13.2 Å². The highest BCUT2D eigenvalue weighted by atomic mass is 19.4. The molecule has 2 atom stereocenters. The third kappa shape index (κ3) is 4.21. The Morgan fingerprint density at radius 1 is 1.25 bits per heavy atom. The Bertz CT molecular complexity index is 1020. The van der Waals surface area contributed by atoms with Gasteiger partial charge in [0.25, 0.3) is 11.8 Å². The van der Waals surface area contributed by atoms with E-state index < -0.39 is 23.7 Å². The largest absolute Gasteiger partial charge is 0.419 e. The predicted octanol–water partition coefficient (Wildman–Crippen LogP) is 2.94. The van der Waals surface area contributed by atoms with Crippen molar-refractivity contribution in [1.29, 1.82) is 0 Å². The van der Waals surface area contributed by atoms with E-state index >= 15 is 0 Å². The van der Waals surface area contributed by atoms with Crippen molar-refractivity contribution in [2.75, 3.05) is 13.2 Å². The number of ether oxygens (including phenoxy) is 1. The van der Waals surface area contributed by atoms with Gasteiger partial charge in [-0.2, -0.15) is 13.2 Å². The van der Waals surface area contributed by atoms with Gasteiger partial charge in [-0.1, -0.05) is 0 Å². The van der Waals surface area contributed by atoms with Gasteiger partial charge in [-0.3, -0.25) is 9.59 Å². The van der Waals surface area contributed by atoms with E-state index in [4.69, 9.17) is 4.74 Å². The third-order valence-corrected chi connectivity index (χ3v) is 5.92. The maximum atomic E-state index is 13.1. The standard InChI is InChI=1S/C21H24F3N5O3/c1-12-4-3-5-28(12)20(31)16-8-15(17-11-32-7-6-29(16)17)19(30)27-13(2)18-25-9-14(10-26-18)21(22,23)24/h8-10,12-13H,3-7,11H2,1-2H3,(H,27,30)/t12-,13+/m0/s1. The zero-order valence-corrected chi connectivity index (χ0v) is 17.8. The highest BCUT2D eigenvalue weighted by Gasteiger charge is 2.33. The van der Waals surface area contributed by atoms with Gasteiger partial charge in [0.05, 0.1) is 36.1 Å². The maximum absolute atomic E-state index is 13.1. The molecule has 1 N–H and O–H groups in total. The lowest BCUT2D eigenvalue weighted by molar-refractivity contribution is -0.138. The summed E-state index contributed by atoms with van der Waals surface area (Å²) >= 11 is 0. The van der Waals surface area contributed by atoms with Crippen LogP contribution >= 0.6 is 0 Å². The molecule has 2 aromatic rings. The summed E-state index contributed by atoms with van der Waals surface area (Å²) in [5.41, 5.74) is 0.390. The Hall–Kier alpha value is -2.95. The molecule has 0 aromatic carbocycles. The summed E-state index contributed by atoms with van der Waals surface area (Å²) < 4.78 is 45.5. The Morgan fingerprint density at radius 3 is 2.59 bits per heavy atom. The number of aromatic nitrogens is 3. The Labute approximate surface area is 182 Å². The molecule has 32 heavy (non-hydrogen) atoms. The van der Waals surface area contributed by atoms with Crippen LogP contribution in [-0.4, -0.2) is 50.4 Å². The van der Waals surface area contributed by atoms with Crippen molar-refractivity contribution in [2.24, 2.45) is 0 Å². The van der Waals surface area contributed by atoms with Crippen molar-refractivity contribution in [3.05, 3.63) is 46.8 Å². The molecule has 0 unspecified atom stereocenters. The summed E-state index contributed by atoms with van der Waals surface area (Å²) in [5, 5.41) is 2.71. The fourth-order valence-corrected chi connectivity index (χ4v) is 4.13. The molecule has 8 nitrogen and oxygen atoms in total. The van der Waals surface area contributed by atoms with E-state index in [0.717, 1.165) is 12.8 Å². The Morgan fingerprint density at radius 2 is 1.97 bits per heavy atom. The summed E-state index contributed by atoms with van der Waals surface area (Å²) in [5.74, 6) is -0.530. The maximum Gasteiger partial charge on any atom is 0.419 e. The molecule has 0 aliphatic carbocycles. The molecule has 2 aliphatic rings. The van der Waals surface area contributed by atoms with Gasteiger partial charge in [0.15, 0.2) is 0 Å². The molecule has 1 fully saturated rings. The number of likely N-dealkylation sites (tertiary alicyclic amines) is 1. The summed E-state index contributed by atoms with van der Waals surface area (Å²) in [6.45, 7) is 5.36. The van der Waals surface area contributed by atoms with Crippen LogP contribution in [0.5, 0.6) is 0 Å². The molecule has 2 aliphatic heterocycles. The summed E-state index contributed by atoms with van der Waals surface area (Å²) in [7, 11) is 0. The molecule has 0 radical (unpaired) electrons. The number of alkyl halides is 3. The summed E-state index contributed by atoms with van der Waals surface area (Å²) in [6.07, 6.45) is -1.27. The fraction of sp³-hybridized carbons (Fsp3) is 0.524. The highest BCUT2D eigenvalue weighted by Crippen LogP contribution is 2.29. The second-order valence-electron chi connectivity index (χ2n) is 8.11. The highest BCUT2D eigenvalue weighted by molar-refractivity contribution is 6.01. The Balaban J connectivity index is 1.56. The van der Waals surface area contributed by atoms with Crippen LogP contribution in [0, 0.1) is 0 Å². The quantitative estimate of drug-likeness (QED) is 0.772. The van der Waals surface area contributed by atoms with E-state index in [9.17, 15) is 22.8 Å². The van der Waals surface area contributed by atoms with E-state index in [1.165, 1.54) is 0 Å². The predicted molar refractivity (Wildman–Crippen MR) is 107 cm³/mol. The zero-order chi connectivity index (χ0) is 23.0. The molecule has 0 spiro atoms. The van der Waals surface area contributed by atoms with E-state index in [1.54, 1.807) is 13.0 Å². The first kappa shape index (κ1) is 22.3. The van der Waals surface area contributed by atoms with Crippen LogP contribution in [0.1, 0.15) is 70.7 Å². The van der Waals surface area contributed by atoms with Crippen molar-refractivity contribution >= 4 is 11.8 Å². The summed E-state index contributed by atoms with van der Waals surface area (Å²) in [6, 6.07) is 0.984. The summed E-state index contributed by atoms with van der Waals surface area (Å²) in [4.78, 5) is 35.4. The molecule has 2 aromatic heterocycles. The zero-order valence-electron chi connectivity index (χ0n) is 17.8. The van der Waals surface area contributed by atoms with Crippen LogP contribution in [0.2, 0.25) is 0 Å². The van der Waals surface area contributed by atoms with Gasteiger partial charge in [0.2, 0.25) is 0 Å². The van der Waals surface area contributed by atoms with E-state index in [-0.39, 0.29) is 24.4 Å². The molecule has 2 amide bonds. The molecule has 11 heteroatoms. The second-order valence-corrected chi connectivity index (χ2v) is 8.11. The number of nitrogens with zero attached hydrogens (tertiary/aromatic N) is 4. The van der Waals surface area contributed by atoms with Gasteiger partial charge in [-0.05, 0) is 32.8 Å². The van der Waals surface area contributed by atoms with Gasteiger partial charge in [0, 0.05) is 31.5 Å². The molecular formula is C21H24F3N5O3. The molecule has 0 bridgehead atoms. The van der Waals surface area contributed by atoms with E-state index in [1.807, 2.05) is 16.4 Å². The first-order chi connectivity index (χ1) is 15.2. The number of carbonyl (C=O) groups is 2. The van der Waals surface area contributed by atoms with Crippen molar-refractivity contribution in [3.63, 3.8) is 0 Å². The van der Waals surface area contributed by atoms with Crippen molar-refractivity contribution in [2.45, 2.75) is 58.1 Å². The second kappa shape index (κ2) is 8.53. The SMILES string of the molecule is C[C@@H](NC(=O)c1cc(C(=O)N2CCC[C@@H]2C)n2c1COCC2)c1ncc(C(F)(F)F)cn1. The van der Waals surface area contributed by atoms with Crippen molar-refractivity contribution < 1.29 is 27.5 Å². The smallest absolute Gasteiger partial charge is 0.373 e. The molecular weight excluding hydrogens is 427 g/mol. The number of hydrogen-bond acceptors (Lipinski definition) is 5. The average molecular weight is 451 g/mol. The Kier molecular flexibility index (Phi) is 5.93. The monoisotopic (exact) mass is 451 g/mol. The van der Waals surface area contributed by atoms with Gasteiger partial charge in [0.1, 0.15) is 11.5 Å². The van der Waals surface area contributed by atoms with Crippen LogP contribution in [-0.2, 0) is 24.1 Å². The number of carbonyl (C=O) groups excluding carboxylic acids is 2. The average Bonchev–Trinajstić information content (AvgIpc) is 3.36. The molecule has 172 valence electrons. The molecule has 4 heterocycles. The van der Waals surface area contributed by atoms with E-state index in [0.29, 0.717) is 49.0 Å². The van der Waals surface area contributed by atoms with Crippen molar-refractivity contribution in [3.8, 4) is 0 Å². The lowest BCUT2D eigenvalue weighted by Crippen LogP contribution is -2.35. The van der Waals surface area contributed by atoms with Crippen LogP contribution in [0.3, 0.4) is 0 Å². The normalized spacial score (nSPS) is 19.5. The van der Waals surface area contributed by atoms with Crippen LogP contribution in [0.25, 0.3) is 0 Å². The number of amides is 2. The van der Waals surface area contributed by atoms with Crippen molar-refractivity contribution in [1.82, 2.24) is 24.8 Å². The molecule has 4 rings (SSSR count). The minimum atomic E-state index is -4.54. The van der Waals surface area contributed by atoms with Gasteiger partial charge in [-0.15, -0.1) is 0 Å². The number of fused-ring (bicyclic) bond motifs is 1. The number of halogens is 3. The molecule has 1 saturated heterocycles. The topological polar surface area (TPSA) is 89.4 Å². The van der Waals surface area contributed by atoms with Crippen LogP contribution < -0.4 is 5.32 Å². The number of nitrogens with one attached hydrogen (secondary N) is 1. The lowest BCUT2D eigenvalue weighted by atomic mass is 10.2. The first-order valence-corrected chi connectivity index (χ1v) is 10.5.